The molecule has 8 heteroatoms. The van der Waals surface area contributed by atoms with Crippen LogP contribution < -0.4 is 15.8 Å². The van der Waals surface area contributed by atoms with Crippen molar-refractivity contribution in [3.63, 3.8) is 0 Å². The van der Waals surface area contributed by atoms with Crippen molar-refractivity contribution in [1.82, 2.24) is 0 Å². The van der Waals surface area contributed by atoms with E-state index < -0.39 is 5.09 Å². The molecule has 0 amide bonds. The zero-order chi connectivity index (χ0) is 11.4. The number of hydrazine groups is 1. The first-order valence-corrected chi connectivity index (χ1v) is 4.14. The molecular formula is C7H8ClN3O4. The molecule has 0 unspecified atom stereocenters. The number of para-hydroxylation sites is 1. The second kappa shape index (κ2) is 4.67. The van der Waals surface area contributed by atoms with Gasteiger partial charge in [-0.3, -0.25) is 0 Å². The lowest BCUT2D eigenvalue weighted by molar-refractivity contribution is -0.762. The molecule has 82 valence electrons. The molecule has 0 aromatic heterocycles. The second-order valence-electron chi connectivity index (χ2n) is 2.42. The fourth-order valence-electron chi connectivity index (χ4n) is 0.987. The molecule has 0 radical (unpaired) electrons. The van der Waals surface area contributed by atoms with Crippen LogP contribution in [-0.2, 0) is 4.94 Å². The van der Waals surface area contributed by atoms with E-state index in [2.05, 4.69) is 4.94 Å². The van der Waals surface area contributed by atoms with Crippen molar-refractivity contribution < 1.29 is 14.8 Å². The Morgan fingerprint density at radius 2 is 2.27 bits per heavy atom. The highest BCUT2D eigenvalue weighted by atomic mass is 35.5. The highest BCUT2D eigenvalue weighted by Crippen LogP contribution is 2.34. The molecular weight excluding hydrogens is 226 g/mol. The van der Waals surface area contributed by atoms with E-state index in [1.165, 1.54) is 13.2 Å². The van der Waals surface area contributed by atoms with Crippen LogP contribution in [0.1, 0.15) is 0 Å². The average Bonchev–Trinajstić information content (AvgIpc) is 2.15. The zero-order valence-electron chi connectivity index (χ0n) is 7.71. The Hall–Kier alpha value is -1.73. The van der Waals surface area contributed by atoms with Gasteiger partial charge in [0.25, 0.3) is 0 Å². The first-order chi connectivity index (χ1) is 7.06. The predicted octanol–water partition coefficient (Wildman–Crippen LogP) is 1.15. The molecule has 0 heterocycles. The maximum atomic E-state index is 10.1. The van der Waals surface area contributed by atoms with Crippen LogP contribution in [0.5, 0.6) is 5.75 Å². The normalized spacial score (nSPS) is 9.53. The van der Waals surface area contributed by atoms with Gasteiger partial charge in [0.05, 0.1) is 12.1 Å². The van der Waals surface area contributed by atoms with Gasteiger partial charge in [-0.1, -0.05) is 17.7 Å². The average molecular weight is 234 g/mol. The summed E-state index contributed by atoms with van der Waals surface area (Å²) in [7, 11) is 1.38. The number of benzene rings is 1. The summed E-state index contributed by atoms with van der Waals surface area (Å²) < 4.78 is 4.92. The monoisotopic (exact) mass is 233 g/mol. The van der Waals surface area contributed by atoms with Crippen LogP contribution in [-0.4, -0.2) is 12.2 Å². The molecule has 0 aliphatic carbocycles. The van der Waals surface area contributed by atoms with Gasteiger partial charge in [-0.2, -0.15) is 4.94 Å². The molecule has 0 spiro atoms. The second-order valence-corrected chi connectivity index (χ2v) is 2.83. The Morgan fingerprint density at radius 1 is 1.60 bits per heavy atom. The number of methoxy groups -OCH3 is 1. The molecule has 1 aromatic rings. The van der Waals surface area contributed by atoms with E-state index in [4.69, 9.17) is 22.2 Å². The van der Waals surface area contributed by atoms with Gasteiger partial charge in [-0.05, 0) is 12.1 Å². The first-order valence-electron chi connectivity index (χ1n) is 3.76. The fourth-order valence-corrected chi connectivity index (χ4v) is 1.24. The van der Waals surface area contributed by atoms with Crippen LogP contribution in [0.4, 0.5) is 5.69 Å². The Bertz CT molecular complexity index is 373. The van der Waals surface area contributed by atoms with Crippen molar-refractivity contribution in [2.75, 3.05) is 12.3 Å². The lowest BCUT2D eigenvalue weighted by Crippen LogP contribution is -2.33. The number of hydrogen-bond acceptors (Lipinski definition) is 6. The van der Waals surface area contributed by atoms with Crippen molar-refractivity contribution in [1.29, 1.82) is 0 Å². The van der Waals surface area contributed by atoms with E-state index in [-0.39, 0.29) is 16.5 Å². The van der Waals surface area contributed by atoms with Crippen molar-refractivity contribution >= 4 is 17.3 Å². The van der Waals surface area contributed by atoms with Crippen LogP contribution in [0.3, 0.4) is 0 Å². The van der Waals surface area contributed by atoms with Crippen LogP contribution in [0.2, 0.25) is 5.02 Å². The SMILES string of the molecule is COc1cccc(Cl)c1N(N)O[N+](=O)[O-]. The van der Waals surface area contributed by atoms with Crippen LogP contribution in [0, 0.1) is 10.1 Å². The smallest absolute Gasteiger partial charge is 0.318 e. The van der Waals surface area contributed by atoms with E-state index in [0.717, 1.165) is 0 Å². The molecule has 1 aromatic carbocycles. The van der Waals surface area contributed by atoms with Crippen LogP contribution in [0.25, 0.3) is 0 Å². The van der Waals surface area contributed by atoms with Gasteiger partial charge in [0.15, 0.2) is 0 Å². The lowest BCUT2D eigenvalue weighted by atomic mass is 10.3. The van der Waals surface area contributed by atoms with Gasteiger partial charge < -0.3 is 4.74 Å². The van der Waals surface area contributed by atoms with Crippen LogP contribution >= 0.6 is 11.6 Å². The fraction of sp³-hybridized carbons (Fsp3) is 0.143. The quantitative estimate of drug-likeness (QED) is 0.477. The molecule has 0 aliphatic rings. The first kappa shape index (κ1) is 11.3. The summed E-state index contributed by atoms with van der Waals surface area (Å²) in [4.78, 5) is 14.1. The molecule has 0 bridgehead atoms. The molecule has 0 saturated heterocycles. The van der Waals surface area contributed by atoms with Gasteiger partial charge in [0.1, 0.15) is 11.4 Å². The third-order valence-electron chi connectivity index (χ3n) is 1.54. The lowest BCUT2D eigenvalue weighted by Gasteiger charge is -2.18. The van der Waals surface area contributed by atoms with Crippen LogP contribution in [0.15, 0.2) is 18.2 Å². The summed E-state index contributed by atoms with van der Waals surface area (Å²) in [5, 5.41) is 9.63. The standard InChI is InChI=1S/C7H8ClN3O4/c1-14-6-4-2-3-5(8)7(6)10(9)15-11(12)13/h2-4H,9H2,1H3. The van der Waals surface area contributed by atoms with E-state index in [9.17, 15) is 10.1 Å². The van der Waals surface area contributed by atoms with Crippen molar-refractivity contribution in [2.45, 2.75) is 0 Å². The summed E-state index contributed by atoms with van der Waals surface area (Å²) in [6.45, 7) is 0. The summed E-state index contributed by atoms with van der Waals surface area (Å²) >= 11 is 5.78. The molecule has 0 saturated carbocycles. The minimum atomic E-state index is -1.05. The zero-order valence-corrected chi connectivity index (χ0v) is 8.47. The molecule has 0 fully saturated rings. The Balaban J connectivity index is 3.05. The summed E-state index contributed by atoms with van der Waals surface area (Å²) in [6, 6.07) is 4.66. The van der Waals surface area contributed by atoms with Gasteiger partial charge in [-0.15, -0.1) is 15.3 Å². The minimum Gasteiger partial charge on any atom is -0.494 e. The van der Waals surface area contributed by atoms with Gasteiger partial charge in [0.2, 0.25) is 0 Å². The number of hydrogen-bond donors (Lipinski definition) is 1. The molecule has 15 heavy (non-hydrogen) atoms. The highest BCUT2D eigenvalue weighted by Gasteiger charge is 2.15. The van der Waals surface area contributed by atoms with Gasteiger partial charge in [0, 0.05) is 0 Å². The van der Waals surface area contributed by atoms with Gasteiger partial charge >= 0.3 is 5.09 Å². The Labute approximate surface area is 90.0 Å². The molecule has 7 nitrogen and oxygen atoms in total. The third kappa shape index (κ3) is 2.61. The number of rotatable bonds is 4. The Kier molecular flexibility index (Phi) is 3.53. The van der Waals surface area contributed by atoms with E-state index in [0.29, 0.717) is 5.17 Å². The topological polar surface area (TPSA) is 90.9 Å². The molecule has 0 aliphatic heterocycles. The van der Waals surface area contributed by atoms with Gasteiger partial charge in [-0.25, -0.2) is 5.84 Å². The maximum absolute atomic E-state index is 10.1. The third-order valence-corrected chi connectivity index (χ3v) is 1.85. The Morgan fingerprint density at radius 3 is 2.80 bits per heavy atom. The van der Waals surface area contributed by atoms with E-state index in [1.54, 1.807) is 12.1 Å². The number of nitrogens with two attached hydrogens (primary N) is 1. The predicted molar refractivity (Wildman–Crippen MR) is 52.7 cm³/mol. The van der Waals surface area contributed by atoms with Crippen molar-refractivity contribution in [2.24, 2.45) is 5.84 Å². The summed E-state index contributed by atoms with van der Waals surface area (Å²) in [6.07, 6.45) is 0. The molecule has 0 atom stereocenters. The number of nitrogens with zero attached hydrogens (tertiary/aromatic N) is 2. The van der Waals surface area contributed by atoms with E-state index >= 15 is 0 Å². The maximum Gasteiger partial charge on any atom is 0.318 e. The minimum absolute atomic E-state index is 0.0818. The van der Waals surface area contributed by atoms with Crippen molar-refractivity contribution in [3.8, 4) is 5.75 Å². The number of anilines is 1. The summed E-state index contributed by atoms with van der Waals surface area (Å²) in [5.41, 5.74) is 0.0818. The number of halogens is 1. The number of ether oxygens (including phenoxy) is 1. The summed E-state index contributed by atoms with van der Waals surface area (Å²) in [5.74, 6) is 5.55. The molecule has 1 rings (SSSR count). The largest absolute Gasteiger partial charge is 0.494 e. The van der Waals surface area contributed by atoms with E-state index in [1.807, 2.05) is 0 Å². The highest BCUT2D eigenvalue weighted by molar-refractivity contribution is 6.33. The van der Waals surface area contributed by atoms with Crippen molar-refractivity contribution in [3.05, 3.63) is 33.3 Å². The molecule has 2 N–H and O–H groups in total.